The van der Waals surface area contributed by atoms with Crippen molar-refractivity contribution in [1.29, 1.82) is 0 Å². The second-order valence-electron chi connectivity index (χ2n) is 5.73. The number of aliphatic hydroxyl groups is 1. The van der Waals surface area contributed by atoms with E-state index < -0.39 is 27.6 Å². The molecule has 2 rings (SSSR count). The van der Waals surface area contributed by atoms with E-state index in [1.54, 1.807) is 42.5 Å². The first-order chi connectivity index (χ1) is 11.1. The lowest BCUT2D eigenvalue weighted by Crippen LogP contribution is -2.49. The second-order valence-corrected chi connectivity index (χ2v) is 7.44. The van der Waals surface area contributed by atoms with Crippen LogP contribution >= 0.6 is 0 Å². The molecular formula is C17H19NO5S. The zero-order valence-electron chi connectivity index (χ0n) is 13.3. The Morgan fingerprint density at radius 3 is 2.12 bits per heavy atom. The van der Waals surface area contributed by atoms with Gasteiger partial charge in [0.2, 0.25) is 10.0 Å². The third-order valence-corrected chi connectivity index (χ3v) is 5.17. The summed E-state index contributed by atoms with van der Waals surface area (Å²) in [5.74, 6) is -1.53. The molecule has 6 nitrogen and oxygen atoms in total. The van der Waals surface area contributed by atoms with Crippen LogP contribution in [0.3, 0.4) is 0 Å². The first-order valence-corrected chi connectivity index (χ1v) is 8.72. The van der Waals surface area contributed by atoms with E-state index in [1.807, 2.05) is 6.92 Å². The topological polar surface area (TPSA) is 104 Å². The molecule has 24 heavy (non-hydrogen) atoms. The number of carbonyl (C=O) groups is 1. The Bertz CT molecular complexity index is 814. The zero-order valence-corrected chi connectivity index (χ0v) is 14.1. The molecule has 0 saturated carbocycles. The fourth-order valence-electron chi connectivity index (χ4n) is 2.22. The molecule has 0 aliphatic rings. The van der Waals surface area contributed by atoms with E-state index >= 15 is 0 Å². The molecule has 0 unspecified atom stereocenters. The molecule has 2 aromatic rings. The molecule has 0 aromatic heterocycles. The molecule has 128 valence electrons. The molecule has 0 aliphatic carbocycles. The summed E-state index contributed by atoms with van der Waals surface area (Å²) in [5, 5.41) is 19.6. The van der Waals surface area contributed by atoms with Crippen molar-refractivity contribution in [2.24, 2.45) is 0 Å². The summed E-state index contributed by atoms with van der Waals surface area (Å²) >= 11 is 0. The Kier molecular flexibility index (Phi) is 5.08. The Balaban J connectivity index is 2.45. The molecule has 0 radical (unpaired) electrons. The van der Waals surface area contributed by atoms with Crippen LogP contribution < -0.4 is 4.72 Å². The van der Waals surface area contributed by atoms with Crippen molar-refractivity contribution in [2.45, 2.75) is 30.4 Å². The van der Waals surface area contributed by atoms with E-state index in [0.717, 1.165) is 12.5 Å². The van der Waals surface area contributed by atoms with Gasteiger partial charge in [0.25, 0.3) is 0 Å². The van der Waals surface area contributed by atoms with Gasteiger partial charge in [-0.15, -0.1) is 0 Å². The first kappa shape index (κ1) is 18.1. The van der Waals surface area contributed by atoms with Gasteiger partial charge in [0, 0.05) is 0 Å². The average Bonchev–Trinajstić information content (AvgIpc) is 2.53. The number of carboxylic acid groups (broad SMARTS) is 1. The normalized spacial score (nSPS) is 15.5. The predicted molar refractivity (Wildman–Crippen MR) is 88.9 cm³/mol. The molecule has 2 aromatic carbocycles. The summed E-state index contributed by atoms with van der Waals surface area (Å²) in [6, 6.07) is 12.9. The third kappa shape index (κ3) is 3.81. The van der Waals surface area contributed by atoms with Crippen molar-refractivity contribution in [2.75, 3.05) is 0 Å². The highest BCUT2D eigenvalue weighted by Crippen LogP contribution is 2.28. The number of benzene rings is 2. The number of hydrogen-bond acceptors (Lipinski definition) is 4. The number of aryl methyl sites for hydroxylation is 1. The standard InChI is InChI=1S/C17H19NO5S/c1-12-8-10-14(11-9-12)24(22,23)18-15(17(2,21)16(19)20)13-6-4-3-5-7-13/h3-11,15,18,21H,1-2H3,(H,19,20)/t15-,17+/m0/s1. The van der Waals surface area contributed by atoms with E-state index in [1.165, 1.54) is 12.1 Å². The van der Waals surface area contributed by atoms with Crippen LogP contribution in [0.1, 0.15) is 24.1 Å². The summed E-state index contributed by atoms with van der Waals surface area (Å²) < 4.78 is 27.5. The number of rotatable bonds is 6. The molecular weight excluding hydrogens is 330 g/mol. The zero-order chi connectivity index (χ0) is 18.0. The van der Waals surface area contributed by atoms with Crippen LogP contribution in [0.15, 0.2) is 59.5 Å². The quantitative estimate of drug-likeness (QED) is 0.738. The summed E-state index contributed by atoms with van der Waals surface area (Å²) in [5.41, 5.74) is -1.08. The molecule has 0 amide bonds. The first-order valence-electron chi connectivity index (χ1n) is 7.24. The van der Waals surface area contributed by atoms with Gasteiger partial charge in [-0.3, -0.25) is 0 Å². The largest absolute Gasteiger partial charge is 0.479 e. The summed E-state index contributed by atoms with van der Waals surface area (Å²) in [6.45, 7) is 2.89. The van der Waals surface area contributed by atoms with Crippen LogP contribution in [0.4, 0.5) is 0 Å². The highest BCUT2D eigenvalue weighted by Gasteiger charge is 2.42. The van der Waals surface area contributed by atoms with Crippen molar-refractivity contribution in [1.82, 2.24) is 4.72 Å². The van der Waals surface area contributed by atoms with Gasteiger partial charge in [0.05, 0.1) is 10.9 Å². The maximum absolute atomic E-state index is 12.6. The smallest absolute Gasteiger partial charge is 0.337 e. The van der Waals surface area contributed by atoms with Crippen molar-refractivity contribution < 1.29 is 23.4 Å². The monoisotopic (exact) mass is 349 g/mol. The fourth-order valence-corrected chi connectivity index (χ4v) is 3.52. The Labute approximate surface area is 140 Å². The number of sulfonamides is 1. The number of nitrogens with one attached hydrogen (secondary N) is 1. The van der Waals surface area contributed by atoms with E-state index in [4.69, 9.17) is 0 Å². The second kappa shape index (κ2) is 6.72. The van der Waals surface area contributed by atoms with Gasteiger partial charge in [0.1, 0.15) is 0 Å². The molecule has 0 aliphatic heterocycles. The lowest BCUT2D eigenvalue weighted by atomic mass is 9.91. The number of hydrogen-bond donors (Lipinski definition) is 3. The van der Waals surface area contributed by atoms with Crippen molar-refractivity contribution >= 4 is 16.0 Å². The molecule has 0 saturated heterocycles. The fraction of sp³-hybridized carbons (Fsp3) is 0.235. The molecule has 0 bridgehead atoms. The van der Waals surface area contributed by atoms with E-state index in [2.05, 4.69) is 4.72 Å². The van der Waals surface area contributed by atoms with Crippen LogP contribution in [0.2, 0.25) is 0 Å². The average molecular weight is 349 g/mol. The minimum Gasteiger partial charge on any atom is -0.479 e. The molecule has 7 heteroatoms. The van der Waals surface area contributed by atoms with Crippen LogP contribution in [-0.2, 0) is 14.8 Å². The number of carboxylic acids is 1. The SMILES string of the molecule is Cc1ccc(S(=O)(=O)N[C@@H](c2ccccc2)[C@@](C)(O)C(=O)O)cc1. The van der Waals surface area contributed by atoms with Crippen molar-refractivity contribution in [3.63, 3.8) is 0 Å². The highest BCUT2D eigenvalue weighted by molar-refractivity contribution is 7.89. The van der Waals surface area contributed by atoms with Gasteiger partial charge in [-0.1, -0.05) is 48.0 Å². The summed E-state index contributed by atoms with van der Waals surface area (Å²) in [7, 11) is -4.01. The van der Waals surface area contributed by atoms with E-state index in [0.29, 0.717) is 5.56 Å². The van der Waals surface area contributed by atoms with E-state index in [9.17, 15) is 23.4 Å². The van der Waals surface area contributed by atoms with Crippen molar-refractivity contribution in [3.05, 3.63) is 65.7 Å². The summed E-state index contributed by atoms with van der Waals surface area (Å²) in [6.07, 6.45) is 0. The lowest BCUT2D eigenvalue weighted by molar-refractivity contribution is -0.159. The summed E-state index contributed by atoms with van der Waals surface area (Å²) in [4.78, 5) is 11.4. The maximum Gasteiger partial charge on any atom is 0.337 e. The molecule has 3 N–H and O–H groups in total. The predicted octanol–water partition coefficient (Wildman–Crippen LogP) is 1.85. The van der Waals surface area contributed by atoms with Crippen LogP contribution in [0.5, 0.6) is 0 Å². The van der Waals surface area contributed by atoms with Crippen molar-refractivity contribution in [3.8, 4) is 0 Å². The minimum absolute atomic E-state index is 0.00443. The highest BCUT2D eigenvalue weighted by atomic mass is 32.2. The number of aliphatic carboxylic acids is 1. The van der Waals surface area contributed by atoms with Crippen LogP contribution in [-0.4, -0.2) is 30.2 Å². The van der Waals surface area contributed by atoms with Crippen LogP contribution in [0, 0.1) is 6.92 Å². The minimum atomic E-state index is -4.01. The Morgan fingerprint density at radius 2 is 1.62 bits per heavy atom. The van der Waals surface area contributed by atoms with Gasteiger partial charge < -0.3 is 10.2 Å². The Morgan fingerprint density at radius 1 is 1.08 bits per heavy atom. The van der Waals surface area contributed by atoms with E-state index in [-0.39, 0.29) is 4.90 Å². The molecule has 2 atom stereocenters. The maximum atomic E-state index is 12.6. The van der Waals surface area contributed by atoms with Gasteiger partial charge in [-0.2, -0.15) is 0 Å². The van der Waals surface area contributed by atoms with Gasteiger partial charge in [-0.25, -0.2) is 17.9 Å². The third-order valence-electron chi connectivity index (χ3n) is 3.73. The molecule has 0 spiro atoms. The van der Waals surface area contributed by atoms with Gasteiger partial charge in [-0.05, 0) is 31.5 Å². The van der Waals surface area contributed by atoms with Gasteiger partial charge >= 0.3 is 5.97 Å². The van der Waals surface area contributed by atoms with Gasteiger partial charge in [0.15, 0.2) is 5.60 Å². The Hall–Kier alpha value is -2.22. The molecule has 0 heterocycles. The lowest BCUT2D eigenvalue weighted by Gasteiger charge is -2.30. The van der Waals surface area contributed by atoms with Crippen LogP contribution in [0.25, 0.3) is 0 Å². The molecule has 0 fully saturated rings.